The number of rotatable bonds is 4. The summed E-state index contributed by atoms with van der Waals surface area (Å²) in [5.74, 6) is -1.41. The fourth-order valence-electron chi connectivity index (χ4n) is 3.39. The fourth-order valence-corrected chi connectivity index (χ4v) is 4.18. The molecule has 1 atom stereocenters. The number of amides is 2. The molecule has 4 rings (SSSR count). The highest BCUT2D eigenvalue weighted by Gasteiger charge is 2.30. The molecule has 9 heteroatoms. The minimum Gasteiger partial charge on any atom is -0.329 e. The van der Waals surface area contributed by atoms with Gasteiger partial charge in [-0.15, -0.1) is 11.3 Å². The second-order valence-corrected chi connectivity index (χ2v) is 7.58. The van der Waals surface area contributed by atoms with Gasteiger partial charge in [-0.25, -0.2) is 14.4 Å². The molecule has 148 valence electrons. The summed E-state index contributed by atoms with van der Waals surface area (Å²) in [7, 11) is 0. The largest absolute Gasteiger partial charge is 0.329 e. The fraction of sp³-hybridized carbons (Fsp3) is 0.250. The zero-order chi connectivity index (χ0) is 20.2. The monoisotopic (exact) mass is 411 g/mol. The number of hydrogen-bond acceptors (Lipinski definition) is 6. The standard InChI is InChI=1S/C20H18FN5O2S/c21-14-9-13(10-15(11-14)25-18(27)16-12-22-4-5-23-16)20(28)26-7-2-1-3-17(26)19-24-6-8-29-19/h4-6,8-12,17H,1-3,7H2,(H,25,27). The first kappa shape index (κ1) is 19.1. The Bertz CT molecular complexity index is 1010. The molecule has 3 aromatic rings. The lowest BCUT2D eigenvalue weighted by molar-refractivity contribution is 0.0610. The van der Waals surface area contributed by atoms with Gasteiger partial charge in [-0.1, -0.05) is 0 Å². The predicted molar refractivity (Wildman–Crippen MR) is 106 cm³/mol. The van der Waals surface area contributed by atoms with E-state index < -0.39 is 11.7 Å². The highest BCUT2D eigenvalue weighted by atomic mass is 32.1. The molecule has 1 unspecified atom stereocenters. The van der Waals surface area contributed by atoms with Crippen molar-refractivity contribution in [2.24, 2.45) is 0 Å². The zero-order valence-electron chi connectivity index (χ0n) is 15.4. The molecular formula is C20H18FN5O2S. The summed E-state index contributed by atoms with van der Waals surface area (Å²) in [5.41, 5.74) is 0.471. The van der Waals surface area contributed by atoms with E-state index in [-0.39, 0.29) is 28.9 Å². The summed E-state index contributed by atoms with van der Waals surface area (Å²) in [6.45, 7) is 0.584. The Kier molecular flexibility index (Phi) is 5.57. The maximum atomic E-state index is 14.2. The van der Waals surface area contributed by atoms with Crippen molar-refractivity contribution in [1.29, 1.82) is 0 Å². The van der Waals surface area contributed by atoms with Gasteiger partial charge in [-0.05, 0) is 37.5 Å². The molecule has 1 aliphatic rings. The lowest BCUT2D eigenvalue weighted by atomic mass is 10.0. The van der Waals surface area contributed by atoms with Crippen LogP contribution in [0.3, 0.4) is 0 Å². The van der Waals surface area contributed by atoms with Crippen molar-refractivity contribution in [2.75, 3.05) is 11.9 Å². The highest BCUT2D eigenvalue weighted by molar-refractivity contribution is 7.09. The molecule has 29 heavy (non-hydrogen) atoms. The summed E-state index contributed by atoms with van der Waals surface area (Å²) in [6, 6.07) is 3.72. The van der Waals surface area contributed by atoms with Gasteiger partial charge < -0.3 is 10.2 Å². The Hall–Kier alpha value is -3.20. The van der Waals surface area contributed by atoms with Gasteiger partial charge in [0.15, 0.2) is 0 Å². The molecule has 0 saturated carbocycles. The number of carbonyl (C=O) groups is 2. The number of hydrogen-bond donors (Lipinski definition) is 1. The van der Waals surface area contributed by atoms with Gasteiger partial charge in [0.25, 0.3) is 11.8 Å². The molecule has 0 bridgehead atoms. The van der Waals surface area contributed by atoms with Crippen LogP contribution in [0.1, 0.15) is 51.2 Å². The van der Waals surface area contributed by atoms with E-state index >= 15 is 0 Å². The highest BCUT2D eigenvalue weighted by Crippen LogP contribution is 2.33. The Morgan fingerprint density at radius 2 is 2.03 bits per heavy atom. The number of halogens is 1. The van der Waals surface area contributed by atoms with E-state index in [1.165, 1.54) is 48.1 Å². The minimum absolute atomic E-state index is 0.101. The van der Waals surface area contributed by atoms with Crippen LogP contribution in [-0.2, 0) is 0 Å². The van der Waals surface area contributed by atoms with Crippen LogP contribution in [0.5, 0.6) is 0 Å². The predicted octanol–water partition coefficient (Wildman–Crippen LogP) is 3.69. The Balaban J connectivity index is 1.58. The van der Waals surface area contributed by atoms with E-state index in [9.17, 15) is 14.0 Å². The van der Waals surface area contributed by atoms with Crippen molar-refractivity contribution in [3.05, 3.63) is 70.4 Å². The van der Waals surface area contributed by atoms with E-state index in [1.54, 1.807) is 11.1 Å². The van der Waals surface area contributed by atoms with Gasteiger partial charge in [0, 0.05) is 41.8 Å². The van der Waals surface area contributed by atoms with Gasteiger partial charge in [0.05, 0.1) is 12.2 Å². The number of benzene rings is 1. The Morgan fingerprint density at radius 3 is 2.79 bits per heavy atom. The second kappa shape index (κ2) is 8.44. The second-order valence-electron chi connectivity index (χ2n) is 6.65. The van der Waals surface area contributed by atoms with E-state index in [0.29, 0.717) is 6.54 Å². The van der Waals surface area contributed by atoms with Crippen LogP contribution in [-0.4, -0.2) is 38.2 Å². The van der Waals surface area contributed by atoms with Crippen molar-refractivity contribution in [3.63, 3.8) is 0 Å². The average molecular weight is 411 g/mol. The summed E-state index contributed by atoms with van der Waals surface area (Å²) in [4.78, 5) is 39.3. The third kappa shape index (κ3) is 4.29. The Labute approximate surface area is 170 Å². The molecule has 1 aromatic carbocycles. The third-order valence-corrected chi connectivity index (χ3v) is 5.58. The van der Waals surface area contributed by atoms with Gasteiger partial charge in [0.2, 0.25) is 0 Å². The number of nitrogens with zero attached hydrogens (tertiary/aromatic N) is 4. The molecule has 7 nitrogen and oxygen atoms in total. The van der Waals surface area contributed by atoms with Crippen LogP contribution in [0.25, 0.3) is 0 Å². The summed E-state index contributed by atoms with van der Waals surface area (Å²) in [6.07, 6.45) is 8.60. The Morgan fingerprint density at radius 1 is 1.14 bits per heavy atom. The lowest BCUT2D eigenvalue weighted by Gasteiger charge is -2.34. The summed E-state index contributed by atoms with van der Waals surface area (Å²) in [5, 5.41) is 5.34. The van der Waals surface area contributed by atoms with Gasteiger partial charge in [-0.3, -0.25) is 14.6 Å². The number of piperidine rings is 1. The van der Waals surface area contributed by atoms with Gasteiger partial charge in [0.1, 0.15) is 16.5 Å². The molecular weight excluding hydrogens is 393 g/mol. The van der Waals surface area contributed by atoms with E-state index in [4.69, 9.17) is 0 Å². The van der Waals surface area contributed by atoms with Gasteiger partial charge >= 0.3 is 0 Å². The van der Waals surface area contributed by atoms with Crippen molar-refractivity contribution in [3.8, 4) is 0 Å². The van der Waals surface area contributed by atoms with Crippen LogP contribution >= 0.6 is 11.3 Å². The van der Waals surface area contributed by atoms with Crippen LogP contribution in [0.4, 0.5) is 10.1 Å². The van der Waals surface area contributed by atoms with Crippen molar-refractivity contribution < 1.29 is 14.0 Å². The van der Waals surface area contributed by atoms with E-state index in [2.05, 4.69) is 20.3 Å². The quantitative estimate of drug-likeness (QED) is 0.707. The number of anilines is 1. The lowest BCUT2D eigenvalue weighted by Crippen LogP contribution is -2.38. The maximum absolute atomic E-state index is 14.2. The number of aromatic nitrogens is 3. The topological polar surface area (TPSA) is 88.1 Å². The first-order valence-corrected chi connectivity index (χ1v) is 10.1. The molecule has 1 N–H and O–H groups in total. The van der Waals surface area contributed by atoms with Crippen LogP contribution < -0.4 is 5.32 Å². The molecule has 3 heterocycles. The smallest absolute Gasteiger partial charge is 0.275 e. The minimum atomic E-state index is -0.604. The van der Waals surface area contributed by atoms with E-state index in [0.717, 1.165) is 24.3 Å². The number of likely N-dealkylation sites (tertiary alicyclic amines) is 1. The number of nitrogens with one attached hydrogen (secondary N) is 1. The molecule has 2 amide bonds. The summed E-state index contributed by atoms with van der Waals surface area (Å²) < 4.78 is 14.2. The third-order valence-electron chi connectivity index (χ3n) is 4.70. The van der Waals surface area contributed by atoms with Crippen LogP contribution in [0.15, 0.2) is 48.4 Å². The molecule has 1 aliphatic heterocycles. The maximum Gasteiger partial charge on any atom is 0.275 e. The molecule has 0 spiro atoms. The normalized spacial score (nSPS) is 16.4. The summed E-state index contributed by atoms with van der Waals surface area (Å²) >= 11 is 1.51. The SMILES string of the molecule is O=C(Nc1cc(F)cc(C(=O)N2CCCCC2c2nccs2)c1)c1cnccn1. The first-order chi connectivity index (χ1) is 14.1. The molecule has 0 aliphatic carbocycles. The van der Waals surface area contributed by atoms with Crippen LogP contribution in [0, 0.1) is 5.82 Å². The molecule has 1 saturated heterocycles. The van der Waals surface area contributed by atoms with E-state index in [1.807, 2.05) is 5.38 Å². The molecule has 2 aromatic heterocycles. The number of carbonyl (C=O) groups excluding carboxylic acids is 2. The van der Waals surface area contributed by atoms with Crippen molar-refractivity contribution in [2.45, 2.75) is 25.3 Å². The zero-order valence-corrected chi connectivity index (χ0v) is 16.2. The molecule has 0 radical (unpaired) electrons. The van der Waals surface area contributed by atoms with Crippen molar-refractivity contribution >= 4 is 28.8 Å². The van der Waals surface area contributed by atoms with Gasteiger partial charge in [-0.2, -0.15) is 0 Å². The molecule has 1 fully saturated rings. The average Bonchev–Trinajstić information content (AvgIpc) is 3.28. The number of thiazole rings is 1. The first-order valence-electron chi connectivity index (χ1n) is 9.20. The van der Waals surface area contributed by atoms with Crippen molar-refractivity contribution in [1.82, 2.24) is 19.9 Å². The van der Waals surface area contributed by atoms with Crippen LogP contribution in [0.2, 0.25) is 0 Å².